The molecule has 9 nitrogen and oxygen atoms in total. The van der Waals surface area contributed by atoms with Crippen LogP contribution < -0.4 is 5.32 Å². The second-order valence-electron chi connectivity index (χ2n) is 6.77. The number of alkyl halides is 3. The molecule has 3 heterocycles. The number of hydrogen-bond acceptors (Lipinski definition) is 8. The largest absolute Gasteiger partial charge is 0.506 e. The first-order valence-corrected chi connectivity index (χ1v) is 8.82. The molecule has 3 rings (SSSR count). The molecule has 0 amide bonds. The summed E-state index contributed by atoms with van der Waals surface area (Å²) in [5.74, 6) is -1.36. The molecule has 1 atom stereocenters. The molecule has 3 N–H and O–H groups in total. The van der Waals surface area contributed by atoms with E-state index >= 15 is 0 Å². The van der Waals surface area contributed by atoms with Crippen LogP contribution in [0.5, 0.6) is 5.75 Å². The Bertz CT molecular complexity index is 908. The molecule has 1 saturated heterocycles. The Morgan fingerprint density at radius 3 is 2.72 bits per heavy atom. The van der Waals surface area contributed by atoms with E-state index in [0.29, 0.717) is 31.0 Å². The molecule has 0 aliphatic carbocycles. The van der Waals surface area contributed by atoms with Crippen LogP contribution in [0.25, 0.3) is 11.4 Å². The van der Waals surface area contributed by atoms with Crippen LogP contribution in [-0.2, 0) is 11.0 Å². The van der Waals surface area contributed by atoms with Gasteiger partial charge in [-0.05, 0) is 32.4 Å². The average molecular weight is 412 g/mol. The van der Waals surface area contributed by atoms with Gasteiger partial charge in [0.25, 0.3) is 0 Å². The Balaban J connectivity index is 1.75. The summed E-state index contributed by atoms with van der Waals surface area (Å²) in [6.45, 7) is 2.73. The molecule has 2 aromatic rings. The lowest BCUT2D eigenvalue weighted by molar-refractivity contribution is -0.139. The van der Waals surface area contributed by atoms with Gasteiger partial charge in [0.15, 0.2) is 0 Å². The molecular formula is C17H19F3N6O3. The fourth-order valence-corrected chi connectivity index (χ4v) is 3.17. The van der Waals surface area contributed by atoms with Crippen LogP contribution in [0.2, 0.25) is 0 Å². The summed E-state index contributed by atoms with van der Waals surface area (Å²) >= 11 is 0. The molecule has 1 aliphatic rings. The first-order chi connectivity index (χ1) is 13.6. The number of halogens is 3. The number of rotatable bonds is 5. The fourth-order valence-electron chi connectivity index (χ4n) is 3.17. The van der Waals surface area contributed by atoms with Gasteiger partial charge in [-0.2, -0.15) is 13.2 Å². The highest BCUT2D eigenvalue weighted by Gasteiger charge is 2.32. The Labute approximate surface area is 163 Å². The summed E-state index contributed by atoms with van der Waals surface area (Å²) in [5, 5.41) is 29.8. The number of anilines is 1. The predicted molar refractivity (Wildman–Crippen MR) is 95.2 cm³/mol. The van der Waals surface area contributed by atoms with Crippen molar-refractivity contribution in [3.8, 4) is 17.1 Å². The number of aromatic hydroxyl groups is 1. The number of carboxylic acid groups (broad SMARTS) is 1. The third kappa shape index (κ3) is 5.08. The van der Waals surface area contributed by atoms with Gasteiger partial charge >= 0.3 is 12.1 Å². The number of piperidine rings is 1. The number of nitrogens with zero attached hydrogens (tertiary/aromatic N) is 5. The summed E-state index contributed by atoms with van der Waals surface area (Å²) in [6.07, 6.45) is -2.38. The van der Waals surface area contributed by atoms with E-state index < -0.39 is 23.5 Å². The molecule has 12 heteroatoms. The van der Waals surface area contributed by atoms with E-state index in [1.165, 1.54) is 0 Å². The number of carbonyl (C=O) groups is 1. The van der Waals surface area contributed by atoms with Crippen LogP contribution in [-0.4, -0.2) is 66.9 Å². The predicted octanol–water partition coefficient (Wildman–Crippen LogP) is 1.93. The summed E-state index contributed by atoms with van der Waals surface area (Å²) in [7, 11) is 0. The lowest BCUT2D eigenvalue weighted by atomic mass is 10.1. The maximum Gasteiger partial charge on any atom is 0.418 e. The van der Waals surface area contributed by atoms with Gasteiger partial charge < -0.3 is 15.5 Å². The van der Waals surface area contributed by atoms with Crippen molar-refractivity contribution in [2.24, 2.45) is 0 Å². The van der Waals surface area contributed by atoms with Crippen molar-refractivity contribution in [1.82, 2.24) is 25.1 Å². The number of carboxylic acids is 1. The minimum Gasteiger partial charge on any atom is -0.506 e. The molecule has 1 aliphatic heterocycles. The number of aromatic nitrogens is 4. The Kier molecular flexibility index (Phi) is 5.82. The SMILES string of the molecule is Cc1nc(N[C@@H]2CCCN(CC(=O)O)C2)nnc1-c1ncc(C(F)(F)F)cc1O. The molecule has 0 bridgehead atoms. The first-order valence-electron chi connectivity index (χ1n) is 8.82. The zero-order valence-electron chi connectivity index (χ0n) is 15.4. The molecule has 1 fully saturated rings. The zero-order chi connectivity index (χ0) is 21.2. The average Bonchev–Trinajstić information content (AvgIpc) is 2.61. The van der Waals surface area contributed by atoms with Gasteiger partial charge in [0.2, 0.25) is 5.95 Å². The molecule has 2 aromatic heterocycles. The second-order valence-corrected chi connectivity index (χ2v) is 6.77. The lowest BCUT2D eigenvalue weighted by Gasteiger charge is -2.31. The van der Waals surface area contributed by atoms with Crippen LogP contribution >= 0.6 is 0 Å². The molecule has 0 spiro atoms. The number of aryl methyl sites for hydroxylation is 1. The highest BCUT2D eigenvalue weighted by molar-refractivity contribution is 5.69. The van der Waals surface area contributed by atoms with E-state index in [0.717, 1.165) is 12.8 Å². The molecule has 0 unspecified atom stereocenters. The van der Waals surface area contributed by atoms with Gasteiger partial charge in [-0.3, -0.25) is 9.69 Å². The summed E-state index contributed by atoms with van der Waals surface area (Å²) in [5.41, 5.74) is -0.827. The van der Waals surface area contributed by atoms with E-state index in [-0.39, 0.29) is 29.9 Å². The molecule has 29 heavy (non-hydrogen) atoms. The van der Waals surface area contributed by atoms with Crippen molar-refractivity contribution >= 4 is 11.9 Å². The molecular weight excluding hydrogens is 393 g/mol. The Morgan fingerprint density at radius 1 is 1.34 bits per heavy atom. The van der Waals surface area contributed by atoms with E-state index in [2.05, 4.69) is 25.5 Å². The van der Waals surface area contributed by atoms with Gasteiger partial charge in [0.1, 0.15) is 17.1 Å². The third-order valence-corrected chi connectivity index (χ3v) is 4.48. The Morgan fingerprint density at radius 2 is 2.10 bits per heavy atom. The monoisotopic (exact) mass is 412 g/mol. The minimum absolute atomic E-state index is 0.0475. The van der Waals surface area contributed by atoms with Crippen LogP contribution in [0.3, 0.4) is 0 Å². The number of aliphatic carboxylic acids is 1. The number of pyridine rings is 1. The van der Waals surface area contributed by atoms with Crippen LogP contribution in [0, 0.1) is 6.92 Å². The van der Waals surface area contributed by atoms with Crippen molar-refractivity contribution in [3.05, 3.63) is 23.5 Å². The van der Waals surface area contributed by atoms with Crippen molar-refractivity contribution in [2.75, 3.05) is 25.0 Å². The van der Waals surface area contributed by atoms with Gasteiger partial charge in [-0.1, -0.05) is 0 Å². The highest BCUT2D eigenvalue weighted by Crippen LogP contribution is 2.34. The summed E-state index contributed by atoms with van der Waals surface area (Å²) < 4.78 is 38.2. The molecule has 0 aromatic carbocycles. The van der Waals surface area contributed by atoms with Crippen LogP contribution in [0.1, 0.15) is 24.1 Å². The number of likely N-dealkylation sites (tertiary alicyclic amines) is 1. The van der Waals surface area contributed by atoms with Gasteiger partial charge in [0, 0.05) is 18.8 Å². The maximum absolute atomic E-state index is 12.7. The number of hydrogen-bond donors (Lipinski definition) is 3. The molecule has 156 valence electrons. The summed E-state index contributed by atoms with van der Waals surface area (Å²) in [4.78, 5) is 20.6. The van der Waals surface area contributed by atoms with Crippen molar-refractivity contribution in [3.63, 3.8) is 0 Å². The lowest BCUT2D eigenvalue weighted by Crippen LogP contribution is -2.44. The minimum atomic E-state index is -4.62. The zero-order valence-corrected chi connectivity index (χ0v) is 15.4. The smallest absolute Gasteiger partial charge is 0.418 e. The van der Waals surface area contributed by atoms with Crippen molar-refractivity contribution in [1.29, 1.82) is 0 Å². The standard InChI is InChI=1S/C17H19F3N6O3/c1-9-14(15-12(27)5-10(6-21-15)17(18,19)20)24-25-16(22-9)23-11-3-2-4-26(7-11)8-13(28)29/h5-6,11,27H,2-4,7-8H2,1H3,(H,28,29)(H,22,23,25)/t11-/m1/s1. The van der Waals surface area contributed by atoms with E-state index in [1.807, 2.05) is 4.90 Å². The maximum atomic E-state index is 12.7. The van der Waals surface area contributed by atoms with Crippen molar-refractivity contribution in [2.45, 2.75) is 32.0 Å². The van der Waals surface area contributed by atoms with E-state index in [9.17, 15) is 23.1 Å². The van der Waals surface area contributed by atoms with Crippen molar-refractivity contribution < 1.29 is 28.2 Å². The van der Waals surface area contributed by atoms with E-state index in [4.69, 9.17) is 5.11 Å². The fraction of sp³-hybridized carbons (Fsp3) is 0.471. The first kappa shape index (κ1) is 20.7. The topological polar surface area (TPSA) is 124 Å². The molecule has 0 saturated carbocycles. The highest BCUT2D eigenvalue weighted by atomic mass is 19.4. The van der Waals surface area contributed by atoms with Gasteiger partial charge in [-0.15, -0.1) is 10.2 Å². The van der Waals surface area contributed by atoms with Crippen LogP contribution in [0.15, 0.2) is 12.3 Å². The second kappa shape index (κ2) is 8.15. The van der Waals surface area contributed by atoms with Crippen LogP contribution in [0.4, 0.5) is 19.1 Å². The van der Waals surface area contributed by atoms with E-state index in [1.54, 1.807) is 6.92 Å². The van der Waals surface area contributed by atoms with Gasteiger partial charge in [0.05, 0.1) is 17.8 Å². The third-order valence-electron chi connectivity index (χ3n) is 4.48. The van der Waals surface area contributed by atoms with Gasteiger partial charge in [-0.25, -0.2) is 9.97 Å². The quantitative estimate of drug-likeness (QED) is 0.676. The Hall–Kier alpha value is -3.02. The number of nitrogens with one attached hydrogen (secondary N) is 1. The molecule has 0 radical (unpaired) electrons. The summed E-state index contributed by atoms with van der Waals surface area (Å²) in [6, 6.07) is 0.516. The normalized spacial score (nSPS) is 17.9.